The molecule has 162 valence electrons. The number of furan rings is 1. The average molecular weight is 450 g/mol. The minimum Gasteiger partial charge on any atom is -0.467 e. The maximum Gasteiger partial charge on any atom is 0.271 e. The number of nitrogens with zero attached hydrogens (tertiary/aromatic N) is 3. The summed E-state index contributed by atoms with van der Waals surface area (Å²) in [6, 6.07) is 14.8. The van der Waals surface area contributed by atoms with E-state index in [1.165, 1.54) is 23.0 Å². The summed E-state index contributed by atoms with van der Waals surface area (Å²) < 4.78 is 6.85. The van der Waals surface area contributed by atoms with Crippen molar-refractivity contribution in [3.8, 4) is 0 Å². The molecule has 1 amide bonds. The second-order valence-electron chi connectivity index (χ2n) is 6.98. The molecule has 0 saturated carbocycles. The van der Waals surface area contributed by atoms with Crippen molar-refractivity contribution in [1.82, 2.24) is 9.55 Å². The highest BCUT2D eigenvalue weighted by molar-refractivity contribution is 7.99. The van der Waals surface area contributed by atoms with Crippen LogP contribution in [0.25, 0.3) is 10.9 Å². The molecular formula is C22H18N4O5S. The molecule has 2 aromatic heterocycles. The van der Waals surface area contributed by atoms with Crippen LogP contribution in [0.15, 0.2) is 75.2 Å². The molecule has 0 saturated heterocycles. The van der Waals surface area contributed by atoms with Crippen LogP contribution in [0.4, 0.5) is 11.4 Å². The molecule has 0 atom stereocenters. The summed E-state index contributed by atoms with van der Waals surface area (Å²) in [7, 11) is 0. The Labute approximate surface area is 186 Å². The molecule has 9 nitrogen and oxygen atoms in total. The molecule has 4 rings (SSSR count). The Bertz CT molecular complexity index is 1360. The van der Waals surface area contributed by atoms with Crippen molar-refractivity contribution in [2.45, 2.75) is 18.6 Å². The van der Waals surface area contributed by atoms with Crippen molar-refractivity contribution in [3.05, 3.63) is 92.7 Å². The molecule has 4 aromatic rings. The second-order valence-corrected chi connectivity index (χ2v) is 7.92. The first-order valence-electron chi connectivity index (χ1n) is 9.62. The first kappa shape index (κ1) is 21.3. The van der Waals surface area contributed by atoms with E-state index in [1.807, 2.05) is 0 Å². The normalized spacial score (nSPS) is 10.9. The van der Waals surface area contributed by atoms with Gasteiger partial charge in [-0.25, -0.2) is 4.98 Å². The van der Waals surface area contributed by atoms with Crippen molar-refractivity contribution in [1.29, 1.82) is 0 Å². The van der Waals surface area contributed by atoms with E-state index >= 15 is 0 Å². The maximum absolute atomic E-state index is 13.1. The molecule has 0 unspecified atom stereocenters. The molecule has 2 aromatic carbocycles. The van der Waals surface area contributed by atoms with Crippen LogP contribution < -0.4 is 10.9 Å². The molecule has 10 heteroatoms. The number of aryl methyl sites for hydroxylation is 1. The summed E-state index contributed by atoms with van der Waals surface area (Å²) in [5, 5.41) is 14.5. The number of non-ortho nitro benzene ring substituents is 1. The van der Waals surface area contributed by atoms with Crippen molar-refractivity contribution in [2.75, 3.05) is 11.1 Å². The number of anilines is 1. The lowest BCUT2D eigenvalue weighted by atomic mass is 10.2. The van der Waals surface area contributed by atoms with Crippen molar-refractivity contribution in [3.63, 3.8) is 0 Å². The molecule has 0 fully saturated rings. The van der Waals surface area contributed by atoms with E-state index in [1.54, 1.807) is 49.4 Å². The number of benzene rings is 2. The van der Waals surface area contributed by atoms with Gasteiger partial charge < -0.3 is 9.73 Å². The van der Waals surface area contributed by atoms with Gasteiger partial charge >= 0.3 is 0 Å². The molecule has 1 N–H and O–H groups in total. The highest BCUT2D eigenvalue weighted by Gasteiger charge is 2.16. The Morgan fingerprint density at radius 3 is 2.78 bits per heavy atom. The molecule has 0 spiro atoms. The van der Waals surface area contributed by atoms with Crippen LogP contribution in [0.2, 0.25) is 0 Å². The molecule has 2 heterocycles. The van der Waals surface area contributed by atoms with Gasteiger partial charge in [0.25, 0.3) is 11.2 Å². The number of carbonyl (C=O) groups is 1. The zero-order valence-electron chi connectivity index (χ0n) is 17.0. The number of para-hydroxylation sites is 1. The number of hydrogen-bond donors (Lipinski definition) is 1. The Morgan fingerprint density at radius 1 is 1.22 bits per heavy atom. The van der Waals surface area contributed by atoms with Gasteiger partial charge in [-0.1, -0.05) is 30.0 Å². The Kier molecular flexibility index (Phi) is 6.04. The van der Waals surface area contributed by atoms with E-state index in [9.17, 15) is 19.7 Å². The van der Waals surface area contributed by atoms with Crippen LogP contribution in [-0.4, -0.2) is 26.1 Å². The van der Waals surface area contributed by atoms with Crippen molar-refractivity contribution in [2.24, 2.45) is 0 Å². The van der Waals surface area contributed by atoms with Crippen molar-refractivity contribution < 1.29 is 14.1 Å². The van der Waals surface area contributed by atoms with Gasteiger partial charge in [0.1, 0.15) is 5.76 Å². The predicted octanol–water partition coefficient (Wildman–Crippen LogP) is 3.99. The monoisotopic (exact) mass is 450 g/mol. The summed E-state index contributed by atoms with van der Waals surface area (Å²) in [5.41, 5.74) is 1.26. The summed E-state index contributed by atoms with van der Waals surface area (Å²) in [6.45, 7) is 1.93. The summed E-state index contributed by atoms with van der Waals surface area (Å²) in [6.07, 6.45) is 1.52. The van der Waals surface area contributed by atoms with Gasteiger partial charge in [0.2, 0.25) is 5.91 Å². The average Bonchev–Trinajstić information content (AvgIpc) is 3.29. The number of amides is 1. The third kappa shape index (κ3) is 4.54. The third-order valence-electron chi connectivity index (χ3n) is 4.76. The number of fused-ring (bicyclic) bond motifs is 1. The van der Waals surface area contributed by atoms with E-state index in [0.717, 1.165) is 11.8 Å². The van der Waals surface area contributed by atoms with Gasteiger partial charge in [0.05, 0.1) is 40.1 Å². The number of rotatable bonds is 7. The van der Waals surface area contributed by atoms with E-state index in [0.29, 0.717) is 33.1 Å². The lowest BCUT2D eigenvalue weighted by Crippen LogP contribution is -2.24. The Morgan fingerprint density at radius 2 is 2.03 bits per heavy atom. The lowest BCUT2D eigenvalue weighted by molar-refractivity contribution is -0.384. The van der Waals surface area contributed by atoms with Gasteiger partial charge in [0.15, 0.2) is 5.16 Å². The summed E-state index contributed by atoms with van der Waals surface area (Å²) in [5.74, 6) is 0.179. The predicted molar refractivity (Wildman–Crippen MR) is 121 cm³/mol. The van der Waals surface area contributed by atoms with Crippen LogP contribution in [0.1, 0.15) is 11.3 Å². The van der Waals surface area contributed by atoms with E-state index in [2.05, 4.69) is 10.3 Å². The summed E-state index contributed by atoms with van der Waals surface area (Å²) in [4.78, 5) is 40.7. The molecular weight excluding hydrogens is 432 g/mol. The largest absolute Gasteiger partial charge is 0.467 e. The van der Waals surface area contributed by atoms with Crippen molar-refractivity contribution >= 4 is 39.9 Å². The molecule has 0 aliphatic carbocycles. The fraction of sp³-hybridized carbons (Fsp3) is 0.136. The van der Waals surface area contributed by atoms with E-state index < -0.39 is 4.92 Å². The van der Waals surface area contributed by atoms with Gasteiger partial charge in [-0.2, -0.15) is 0 Å². The maximum atomic E-state index is 13.1. The number of nitro benzene ring substituents is 1. The Hall–Kier alpha value is -3.92. The fourth-order valence-corrected chi connectivity index (χ4v) is 3.93. The van der Waals surface area contributed by atoms with Crippen LogP contribution in [0.3, 0.4) is 0 Å². The Balaban J connectivity index is 1.58. The SMILES string of the molecule is Cc1ccc([N+](=O)[O-])cc1NC(=O)CSc1nc2ccccc2c(=O)n1Cc1ccco1. The van der Waals surface area contributed by atoms with E-state index in [4.69, 9.17) is 4.42 Å². The molecule has 0 radical (unpaired) electrons. The minimum atomic E-state index is -0.518. The van der Waals surface area contributed by atoms with Gasteiger partial charge in [-0.15, -0.1) is 0 Å². The van der Waals surface area contributed by atoms with Gasteiger partial charge in [-0.05, 0) is 36.8 Å². The standard InChI is InChI=1S/C22H18N4O5S/c1-14-8-9-15(26(29)30)11-19(14)23-20(27)13-32-22-24-18-7-3-2-6-17(18)21(28)25(22)12-16-5-4-10-31-16/h2-11H,12-13H2,1H3,(H,23,27). The quantitative estimate of drug-likeness (QED) is 0.196. The lowest BCUT2D eigenvalue weighted by Gasteiger charge is -2.12. The minimum absolute atomic E-state index is 0.0366. The third-order valence-corrected chi connectivity index (χ3v) is 5.74. The molecule has 0 bridgehead atoms. The van der Waals surface area contributed by atoms with Crippen LogP contribution in [0.5, 0.6) is 0 Å². The summed E-state index contributed by atoms with van der Waals surface area (Å²) >= 11 is 1.11. The number of hydrogen-bond acceptors (Lipinski definition) is 7. The van der Waals surface area contributed by atoms with Crippen LogP contribution in [-0.2, 0) is 11.3 Å². The fourth-order valence-electron chi connectivity index (χ4n) is 3.13. The zero-order chi connectivity index (χ0) is 22.7. The smallest absolute Gasteiger partial charge is 0.271 e. The topological polar surface area (TPSA) is 120 Å². The van der Waals surface area contributed by atoms with Gasteiger partial charge in [0, 0.05) is 12.1 Å². The molecule has 0 aliphatic rings. The number of nitrogens with one attached hydrogen (secondary N) is 1. The zero-order valence-corrected chi connectivity index (χ0v) is 17.8. The van der Waals surface area contributed by atoms with E-state index in [-0.39, 0.29) is 29.5 Å². The second kappa shape index (κ2) is 9.06. The molecule has 0 aliphatic heterocycles. The highest BCUT2D eigenvalue weighted by atomic mass is 32.2. The number of carbonyl (C=O) groups excluding carboxylic acids is 1. The van der Waals surface area contributed by atoms with Crippen LogP contribution >= 0.6 is 11.8 Å². The number of nitro groups is 1. The first-order valence-corrected chi connectivity index (χ1v) is 10.6. The van der Waals surface area contributed by atoms with Crippen LogP contribution in [0, 0.1) is 17.0 Å². The number of thioether (sulfide) groups is 1. The highest BCUT2D eigenvalue weighted by Crippen LogP contribution is 2.23. The first-order chi connectivity index (χ1) is 15.4. The number of aromatic nitrogens is 2. The van der Waals surface area contributed by atoms with Gasteiger partial charge in [-0.3, -0.25) is 24.3 Å². The molecule has 32 heavy (non-hydrogen) atoms.